The van der Waals surface area contributed by atoms with E-state index in [1.165, 1.54) is 0 Å². The van der Waals surface area contributed by atoms with Crippen LogP contribution in [0.5, 0.6) is 5.75 Å². The number of ether oxygens (including phenoxy) is 1. The van der Waals surface area contributed by atoms with Gasteiger partial charge in [0.1, 0.15) is 5.75 Å². The second kappa shape index (κ2) is 9.44. The van der Waals surface area contributed by atoms with Crippen LogP contribution in [0.2, 0.25) is 0 Å². The molecule has 2 amide bonds. The SMILES string of the molecule is CC1CCN(C(=O)c2cccc(NC(=O)c3ccc(OC(C)C)c(Br)c3)c2)CC1. The van der Waals surface area contributed by atoms with Gasteiger partial charge in [-0.3, -0.25) is 9.59 Å². The Kier molecular flexibility index (Phi) is 6.96. The molecule has 0 radical (unpaired) electrons. The van der Waals surface area contributed by atoms with Crippen LogP contribution in [0, 0.1) is 5.92 Å². The predicted molar refractivity (Wildman–Crippen MR) is 119 cm³/mol. The molecule has 1 heterocycles. The highest BCUT2D eigenvalue weighted by molar-refractivity contribution is 9.10. The summed E-state index contributed by atoms with van der Waals surface area (Å²) in [6.45, 7) is 7.69. The van der Waals surface area contributed by atoms with Gasteiger partial charge in [-0.2, -0.15) is 0 Å². The number of benzene rings is 2. The molecule has 1 aliphatic heterocycles. The largest absolute Gasteiger partial charge is 0.490 e. The second-order valence-electron chi connectivity index (χ2n) is 7.82. The number of anilines is 1. The van der Waals surface area contributed by atoms with Crippen molar-refractivity contribution in [2.75, 3.05) is 18.4 Å². The molecule has 0 spiro atoms. The van der Waals surface area contributed by atoms with Crippen LogP contribution in [-0.4, -0.2) is 35.9 Å². The van der Waals surface area contributed by atoms with Gasteiger partial charge in [0.2, 0.25) is 0 Å². The van der Waals surface area contributed by atoms with E-state index in [0.29, 0.717) is 28.5 Å². The maximum atomic E-state index is 12.8. The number of carbonyl (C=O) groups is 2. The first-order valence-electron chi connectivity index (χ1n) is 10.0. The summed E-state index contributed by atoms with van der Waals surface area (Å²) < 4.78 is 6.41. The maximum absolute atomic E-state index is 12.8. The van der Waals surface area contributed by atoms with Gasteiger partial charge in [-0.05, 0) is 84.9 Å². The van der Waals surface area contributed by atoms with Crippen LogP contribution in [0.25, 0.3) is 0 Å². The molecule has 154 valence electrons. The molecular formula is C23H27BrN2O3. The third-order valence-corrected chi connectivity index (χ3v) is 5.61. The standard InChI is InChI=1S/C23H27BrN2O3/c1-15(2)29-21-8-7-17(14-20(21)24)22(27)25-19-6-4-5-18(13-19)23(28)26-11-9-16(3)10-12-26/h4-8,13-16H,9-12H2,1-3H3,(H,25,27). The van der Waals surface area contributed by atoms with Crippen molar-refractivity contribution >= 4 is 33.4 Å². The molecule has 0 aromatic heterocycles. The smallest absolute Gasteiger partial charge is 0.255 e. The Morgan fingerprint density at radius 2 is 1.83 bits per heavy atom. The highest BCUT2D eigenvalue weighted by Gasteiger charge is 2.21. The molecule has 0 bridgehead atoms. The third-order valence-electron chi connectivity index (χ3n) is 4.99. The number of nitrogens with one attached hydrogen (secondary N) is 1. The van der Waals surface area contributed by atoms with Gasteiger partial charge in [0.05, 0.1) is 10.6 Å². The van der Waals surface area contributed by atoms with Gasteiger partial charge in [-0.25, -0.2) is 0 Å². The normalized spacial score (nSPS) is 14.7. The summed E-state index contributed by atoms with van der Waals surface area (Å²) in [5.41, 5.74) is 1.71. The van der Waals surface area contributed by atoms with E-state index in [1.54, 1.807) is 42.5 Å². The molecule has 3 rings (SSSR count). The molecule has 1 aliphatic rings. The van der Waals surface area contributed by atoms with Gasteiger partial charge >= 0.3 is 0 Å². The van der Waals surface area contributed by atoms with Crippen molar-refractivity contribution in [1.29, 1.82) is 0 Å². The lowest BCUT2D eigenvalue weighted by molar-refractivity contribution is 0.0697. The molecule has 6 heteroatoms. The lowest BCUT2D eigenvalue weighted by atomic mass is 9.98. The van der Waals surface area contributed by atoms with Crippen molar-refractivity contribution < 1.29 is 14.3 Å². The predicted octanol–water partition coefficient (Wildman–Crippen LogP) is 5.36. The van der Waals surface area contributed by atoms with Crippen LogP contribution in [0.3, 0.4) is 0 Å². The minimum atomic E-state index is -0.238. The average Bonchev–Trinajstić information content (AvgIpc) is 2.69. The lowest BCUT2D eigenvalue weighted by Gasteiger charge is -2.30. The molecule has 0 saturated carbocycles. The number of likely N-dealkylation sites (tertiary alicyclic amines) is 1. The summed E-state index contributed by atoms with van der Waals surface area (Å²) in [6.07, 6.45) is 2.12. The average molecular weight is 459 g/mol. The second-order valence-corrected chi connectivity index (χ2v) is 8.68. The van der Waals surface area contributed by atoms with Gasteiger partial charge in [-0.1, -0.05) is 13.0 Å². The molecule has 29 heavy (non-hydrogen) atoms. The highest BCUT2D eigenvalue weighted by atomic mass is 79.9. The van der Waals surface area contributed by atoms with E-state index in [2.05, 4.69) is 28.2 Å². The fraction of sp³-hybridized carbons (Fsp3) is 0.391. The van der Waals surface area contributed by atoms with Crippen LogP contribution in [0.4, 0.5) is 5.69 Å². The Hall–Kier alpha value is -2.34. The van der Waals surface area contributed by atoms with E-state index in [1.807, 2.05) is 18.7 Å². The Labute approximate surface area is 180 Å². The summed E-state index contributed by atoms with van der Waals surface area (Å²) in [5, 5.41) is 2.88. The molecule has 0 unspecified atom stereocenters. The minimum absolute atomic E-state index is 0.0194. The first-order chi connectivity index (χ1) is 13.8. The number of hydrogen-bond acceptors (Lipinski definition) is 3. The number of halogens is 1. The van der Waals surface area contributed by atoms with Crippen molar-refractivity contribution in [3.05, 3.63) is 58.1 Å². The monoisotopic (exact) mass is 458 g/mol. The van der Waals surface area contributed by atoms with Gasteiger partial charge < -0.3 is 15.0 Å². The van der Waals surface area contributed by atoms with E-state index in [9.17, 15) is 9.59 Å². The molecule has 1 saturated heterocycles. The van der Waals surface area contributed by atoms with Gasteiger partial charge in [0, 0.05) is 29.9 Å². The van der Waals surface area contributed by atoms with Crippen molar-refractivity contribution in [2.45, 2.75) is 39.7 Å². The molecular weight excluding hydrogens is 432 g/mol. The lowest BCUT2D eigenvalue weighted by Crippen LogP contribution is -2.37. The van der Waals surface area contributed by atoms with Gasteiger partial charge in [0.15, 0.2) is 0 Å². The molecule has 0 atom stereocenters. The van der Waals surface area contributed by atoms with Crippen molar-refractivity contribution in [2.24, 2.45) is 5.92 Å². The van der Waals surface area contributed by atoms with E-state index in [4.69, 9.17) is 4.74 Å². The zero-order valence-corrected chi connectivity index (χ0v) is 18.7. The van der Waals surface area contributed by atoms with E-state index in [-0.39, 0.29) is 17.9 Å². The fourth-order valence-corrected chi connectivity index (χ4v) is 3.79. The van der Waals surface area contributed by atoms with Crippen molar-refractivity contribution in [3.63, 3.8) is 0 Å². The molecule has 5 nitrogen and oxygen atoms in total. The summed E-state index contributed by atoms with van der Waals surface area (Å²) in [5.74, 6) is 1.14. The summed E-state index contributed by atoms with van der Waals surface area (Å²) in [7, 11) is 0. The van der Waals surface area contributed by atoms with Crippen LogP contribution in [-0.2, 0) is 0 Å². The summed E-state index contributed by atoms with van der Waals surface area (Å²) in [6, 6.07) is 12.4. The number of nitrogens with zero attached hydrogens (tertiary/aromatic N) is 1. The summed E-state index contributed by atoms with van der Waals surface area (Å²) in [4.78, 5) is 27.3. The Bertz CT molecular complexity index is 889. The van der Waals surface area contributed by atoms with Crippen molar-refractivity contribution in [3.8, 4) is 5.75 Å². The van der Waals surface area contributed by atoms with E-state index < -0.39 is 0 Å². The quantitative estimate of drug-likeness (QED) is 0.655. The first-order valence-corrected chi connectivity index (χ1v) is 10.8. The molecule has 1 fully saturated rings. The highest BCUT2D eigenvalue weighted by Crippen LogP contribution is 2.27. The molecule has 2 aromatic carbocycles. The number of hydrogen-bond donors (Lipinski definition) is 1. The van der Waals surface area contributed by atoms with Crippen LogP contribution in [0.1, 0.15) is 54.3 Å². The molecule has 2 aromatic rings. The number of piperidine rings is 1. The fourth-order valence-electron chi connectivity index (χ4n) is 3.32. The van der Waals surface area contributed by atoms with Crippen LogP contribution < -0.4 is 10.1 Å². The van der Waals surface area contributed by atoms with Crippen LogP contribution >= 0.6 is 15.9 Å². The van der Waals surface area contributed by atoms with Crippen LogP contribution in [0.15, 0.2) is 46.9 Å². The van der Waals surface area contributed by atoms with Gasteiger partial charge in [-0.15, -0.1) is 0 Å². The number of rotatable bonds is 5. The third kappa shape index (κ3) is 5.60. The minimum Gasteiger partial charge on any atom is -0.490 e. The maximum Gasteiger partial charge on any atom is 0.255 e. The molecule has 1 N–H and O–H groups in total. The van der Waals surface area contributed by atoms with Gasteiger partial charge in [0.25, 0.3) is 11.8 Å². The summed E-state index contributed by atoms with van der Waals surface area (Å²) >= 11 is 3.45. The van der Waals surface area contributed by atoms with E-state index >= 15 is 0 Å². The first kappa shape index (κ1) is 21.4. The molecule has 0 aliphatic carbocycles. The zero-order chi connectivity index (χ0) is 21.0. The Morgan fingerprint density at radius 1 is 1.10 bits per heavy atom. The Balaban J connectivity index is 1.69. The topological polar surface area (TPSA) is 58.6 Å². The van der Waals surface area contributed by atoms with Crippen molar-refractivity contribution in [1.82, 2.24) is 4.90 Å². The Morgan fingerprint density at radius 3 is 2.48 bits per heavy atom. The van der Waals surface area contributed by atoms with E-state index in [0.717, 1.165) is 30.4 Å². The number of amides is 2. The zero-order valence-electron chi connectivity index (χ0n) is 17.1. The number of carbonyl (C=O) groups excluding carboxylic acids is 2.